The van der Waals surface area contributed by atoms with E-state index in [2.05, 4.69) is 0 Å². The van der Waals surface area contributed by atoms with Gasteiger partial charge in [-0.05, 0) is 49.2 Å². The molecule has 1 rings (SSSR count). The van der Waals surface area contributed by atoms with Crippen LogP contribution in [-0.2, 0) is 4.57 Å². The summed E-state index contributed by atoms with van der Waals surface area (Å²) in [5.74, 6) is 0. The summed E-state index contributed by atoms with van der Waals surface area (Å²) < 4.78 is 17.3. The molecule has 120 valence electrons. The number of carbonyl (C=O) groups excluding carboxylic acids is 1. The van der Waals surface area contributed by atoms with Gasteiger partial charge < -0.3 is 9.80 Å². The minimum absolute atomic E-state index is 0.127. The normalized spacial score (nSPS) is 20.0. The molecule has 0 spiro atoms. The predicted octanol–water partition coefficient (Wildman–Crippen LogP) is 1.15. The molecule has 0 aliphatic carbocycles. The van der Waals surface area contributed by atoms with E-state index in [0.717, 1.165) is 6.54 Å². The summed E-state index contributed by atoms with van der Waals surface area (Å²) in [5, 5.41) is 0. The van der Waals surface area contributed by atoms with E-state index in [1.165, 1.54) is 0 Å². The Bertz CT molecular complexity index is 344. The van der Waals surface area contributed by atoms with Crippen molar-refractivity contribution < 1.29 is 9.36 Å². The fourth-order valence-electron chi connectivity index (χ4n) is 2.13. The number of hydrogen-bond donors (Lipinski definition) is 0. The SMILES string of the molecule is CC1CN(C)C(=O)N1C.CN(C)P(=O)(N(C)C)N(C)C. The molecule has 1 unspecified atom stereocenters. The molecule has 1 saturated heterocycles. The lowest BCUT2D eigenvalue weighted by Gasteiger charge is -2.34. The highest BCUT2D eigenvalue weighted by Gasteiger charge is 2.30. The summed E-state index contributed by atoms with van der Waals surface area (Å²) in [6.45, 7) is 2.90. The van der Waals surface area contributed by atoms with Crippen molar-refractivity contribution in [2.24, 2.45) is 0 Å². The first-order valence-corrected chi connectivity index (χ1v) is 8.14. The van der Waals surface area contributed by atoms with Crippen LogP contribution in [0.3, 0.4) is 0 Å². The molecular formula is C12H30N5O2P. The van der Waals surface area contributed by atoms with Crippen LogP contribution < -0.4 is 0 Å². The molecule has 1 fully saturated rings. The van der Waals surface area contributed by atoms with Crippen LogP contribution in [0.5, 0.6) is 0 Å². The van der Waals surface area contributed by atoms with E-state index < -0.39 is 7.59 Å². The molecule has 2 amide bonds. The summed E-state index contributed by atoms with van der Waals surface area (Å²) in [6.07, 6.45) is 0. The molecule has 20 heavy (non-hydrogen) atoms. The fraction of sp³-hybridized carbons (Fsp3) is 0.917. The second-order valence-corrected chi connectivity index (χ2v) is 9.10. The third-order valence-corrected chi connectivity index (χ3v) is 6.52. The zero-order chi connectivity index (χ0) is 16.2. The highest BCUT2D eigenvalue weighted by Crippen LogP contribution is 2.50. The van der Waals surface area contributed by atoms with E-state index in [1.807, 2.05) is 63.3 Å². The Morgan fingerprint density at radius 2 is 1.35 bits per heavy atom. The Balaban J connectivity index is 0.000000367. The van der Waals surface area contributed by atoms with Crippen molar-refractivity contribution >= 4 is 13.6 Å². The average molecular weight is 307 g/mol. The first-order chi connectivity index (χ1) is 8.96. The van der Waals surface area contributed by atoms with Crippen LogP contribution in [0, 0.1) is 0 Å². The van der Waals surface area contributed by atoms with Gasteiger partial charge in [0.2, 0.25) is 0 Å². The Hall–Kier alpha value is -0.620. The molecule has 7 nitrogen and oxygen atoms in total. The van der Waals surface area contributed by atoms with E-state index in [0.29, 0.717) is 6.04 Å². The van der Waals surface area contributed by atoms with E-state index in [9.17, 15) is 9.36 Å². The fourth-order valence-corrected chi connectivity index (χ4v) is 4.27. The number of carbonyl (C=O) groups is 1. The lowest BCUT2D eigenvalue weighted by atomic mass is 10.3. The van der Waals surface area contributed by atoms with Crippen LogP contribution in [0.2, 0.25) is 0 Å². The third kappa shape index (κ3) is 4.19. The number of rotatable bonds is 3. The standard InChI is InChI=1S/C6H18N3OP.C6H12N2O/c1-7(2)11(10,8(3)4)9(5)6;1-5-4-7(2)6(9)8(5)3/h1-6H3;5H,4H2,1-3H3. The van der Waals surface area contributed by atoms with Gasteiger partial charge >= 0.3 is 6.03 Å². The Labute approximate surface area is 123 Å². The van der Waals surface area contributed by atoms with Gasteiger partial charge in [-0.3, -0.25) is 4.57 Å². The monoisotopic (exact) mass is 307 g/mol. The quantitative estimate of drug-likeness (QED) is 0.732. The first kappa shape index (κ1) is 19.4. The zero-order valence-electron chi connectivity index (χ0n) is 14.3. The maximum absolute atomic E-state index is 12.1. The molecule has 0 radical (unpaired) electrons. The molecule has 8 heteroatoms. The van der Waals surface area contributed by atoms with Crippen molar-refractivity contribution in [3.63, 3.8) is 0 Å². The van der Waals surface area contributed by atoms with Crippen LogP contribution in [0.25, 0.3) is 0 Å². The third-order valence-electron chi connectivity index (χ3n) is 3.39. The van der Waals surface area contributed by atoms with E-state index in [-0.39, 0.29) is 6.03 Å². The van der Waals surface area contributed by atoms with E-state index >= 15 is 0 Å². The number of hydrogen-bond acceptors (Lipinski definition) is 2. The Morgan fingerprint density at radius 1 is 1.00 bits per heavy atom. The molecule has 1 aliphatic heterocycles. The molecule has 0 N–H and O–H groups in total. The summed E-state index contributed by atoms with van der Waals surface area (Å²) in [4.78, 5) is 14.4. The Kier molecular flexibility index (Phi) is 7.18. The molecule has 1 atom stereocenters. The maximum atomic E-state index is 12.1. The summed E-state index contributed by atoms with van der Waals surface area (Å²) in [5.41, 5.74) is 0. The van der Waals surface area contributed by atoms with Gasteiger partial charge in [-0.2, -0.15) is 0 Å². The first-order valence-electron chi connectivity index (χ1n) is 6.57. The second-order valence-electron chi connectivity index (χ2n) is 5.68. The lowest BCUT2D eigenvalue weighted by Crippen LogP contribution is -2.30. The molecule has 0 aromatic carbocycles. The van der Waals surface area contributed by atoms with Crippen LogP contribution in [-0.4, -0.2) is 98.8 Å². The van der Waals surface area contributed by atoms with Gasteiger partial charge in [-0.15, -0.1) is 0 Å². The van der Waals surface area contributed by atoms with Gasteiger partial charge in [0.1, 0.15) is 0 Å². The number of nitrogens with zero attached hydrogens (tertiary/aromatic N) is 5. The Morgan fingerprint density at radius 3 is 1.40 bits per heavy atom. The second kappa shape index (κ2) is 7.41. The number of likely N-dealkylation sites (N-methyl/N-ethyl adjacent to an activating group) is 2. The van der Waals surface area contributed by atoms with Crippen LogP contribution in [0.1, 0.15) is 6.92 Å². The van der Waals surface area contributed by atoms with Crippen molar-refractivity contribution in [3.05, 3.63) is 0 Å². The lowest BCUT2D eigenvalue weighted by molar-refractivity contribution is 0.202. The molecule has 0 aromatic heterocycles. The maximum Gasteiger partial charge on any atom is 0.319 e. The average Bonchev–Trinajstić information content (AvgIpc) is 2.55. The molecule has 0 bridgehead atoms. The van der Waals surface area contributed by atoms with Crippen molar-refractivity contribution in [1.29, 1.82) is 0 Å². The number of amides is 2. The smallest absolute Gasteiger partial charge is 0.319 e. The van der Waals surface area contributed by atoms with Crippen molar-refractivity contribution in [2.45, 2.75) is 13.0 Å². The molecule has 1 aliphatic rings. The molecular weight excluding hydrogens is 277 g/mol. The summed E-state index contributed by atoms with van der Waals surface area (Å²) >= 11 is 0. The summed E-state index contributed by atoms with van der Waals surface area (Å²) in [7, 11) is 12.1. The minimum Gasteiger partial charge on any atom is -0.326 e. The summed E-state index contributed by atoms with van der Waals surface area (Å²) in [6, 6.07) is 0.505. The van der Waals surface area contributed by atoms with Gasteiger partial charge in [0, 0.05) is 26.7 Å². The van der Waals surface area contributed by atoms with E-state index in [1.54, 1.807) is 23.8 Å². The van der Waals surface area contributed by atoms with Crippen molar-refractivity contribution in [1.82, 2.24) is 23.8 Å². The number of urea groups is 1. The van der Waals surface area contributed by atoms with Crippen LogP contribution in [0.4, 0.5) is 4.79 Å². The van der Waals surface area contributed by atoms with Crippen molar-refractivity contribution in [3.8, 4) is 0 Å². The largest absolute Gasteiger partial charge is 0.326 e. The van der Waals surface area contributed by atoms with Gasteiger partial charge in [0.15, 0.2) is 0 Å². The van der Waals surface area contributed by atoms with Gasteiger partial charge in [0.05, 0.1) is 0 Å². The highest BCUT2D eigenvalue weighted by molar-refractivity contribution is 7.56. The van der Waals surface area contributed by atoms with Crippen LogP contribution >= 0.6 is 7.59 Å². The van der Waals surface area contributed by atoms with Crippen molar-refractivity contribution in [2.75, 3.05) is 62.9 Å². The van der Waals surface area contributed by atoms with Gasteiger partial charge in [-0.1, -0.05) is 0 Å². The van der Waals surface area contributed by atoms with Crippen LogP contribution in [0.15, 0.2) is 0 Å². The predicted molar refractivity (Wildman–Crippen MR) is 83.9 cm³/mol. The van der Waals surface area contributed by atoms with E-state index in [4.69, 9.17) is 0 Å². The molecule has 0 aromatic rings. The zero-order valence-corrected chi connectivity index (χ0v) is 15.2. The van der Waals surface area contributed by atoms with Gasteiger partial charge in [-0.25, -0.2) is 18.8 Å². The highest BCUT2D eigenvalue weighted by atomic mass is 31.2. The minimum atomic E-state index is -2.44. The van der Waals surface area contributed by atoms with Gasteiger partial charge in [0.25, 0.3) is 7.59 Å². The molecule has 1 heterocycles. The molecule has 0 saturated carbocycles. The topological polar surface area (TPSA) is 50.3 Å².